The standard InChI is InChI=1S/C13H15N3O3S/c1-2-20(17,18)16-11-5-3-4-9-10(11)8-19-12(9)13-14-6-7-15-13/h3-6,12,16H,2,7-8H2,1H3. The number of amidine groups is 1. The number of rotatable bonds is 4. The number of hydrogen-bond acceptors (Lipinski definition) is 5. The van der Waals surface area contributed by atoms with Crippen molar-refractivity contribution in [3.05, 3.63) is 29.3 Å². The van der Waals surface area contributed by atoms with Crippen LogP contribution in [0.3, 0.4) is 0 Å². The number of hydrogen-bond donors (Lipinski definition) is 1. The van der Waals surface area contributed by atoms with E-state index in [1.165, 1.54) is 0 Å². The first kappa shape index (κ1) is 13.3. The molecule has 0 saturated carbocycles. The summed E-state index contributed by atoms with van der Waals surface area (Å²) in [5, 5.41) is 0. The maximum Gasteiger partial charge on any atom is 0.232 e. The van der Waals surface area contributed by atoms with Crippen LogP contribution in [0.5, 0.6) is 0 Å². The monoisotopic (exact) mass is 293 g/mol. The van der Waals surface area contributed by atoms with Crippen molar-refractivity contribution >= 4 is 27.8 Å². The van der Waals surface area contributed by atoms with Gasteiger partial charge in [-0.05, 0) is 18.6 Å². The van der Waals surface area contributed by atoms with Crippen molar-refractivity contribution in [3.8, 4) is 0 Å². The highest BCUT2D eigenvalue weighted by atomic mass is 32.2. The second kappa shape index (κ2) is 4.99. The Morgan fingerprint density at radius 3 is 3.00 bits per heavy atom. The molecule has 2 heterocycles. The third-order valence-electron chi connectivity index (χ3n) is 3.33. The molecule has 0 amide bonds. The molecule has 7 heteroatoms. The van der Waals surface area contributed by atoms with Gasteiger partial charge in [0.05, 0.1) is 24.6 Å². The smallest absolute Gasteiger partial charge is 0.232 e. The van der Waals surface area contributed by atoms with Gasteiger partial charge in [0.25, 0.3) is 0 Å². The van der Waals surface area contributed by atoms with Crippen LogP contribution in [0.15, 0.2) is 28.2 Å². The molecule has 2 aliphatic heterocycles. The zero-order valence-corrected chi connectivity index (χ0v) is 11.9. The molecule has 0 bridgehead atoms. The molecule has 1 aromatic rings. The zero-order chi connectivity index (χ0) is 14.2. The molecule has 0 fully saturated rings. The SMILES string of the molecule is CCS(=O)(=O)Nc1cccc2c1COC2C1=NCC=N1. The Hall–Kier alpha value is -1.73. The van der Waals surface area contributed by atoms with E-state index in [4.69, 9.17) is 4.74 Å². The second-order valence-corrected chi connectivity index (χ2v) is 6.59. The highest BCUT2D eigenvalue weighted by molar-refractivity contribution is 7.92. The van der Waals surface area contributed by atoms with Crippen molar-refractivity contribution in [3.63, 3.8) is 0 Å². The molecule has 2 aliphatic rings. The lowest BCUT2D eigenvalue weighted by molar-refractivity contribution is 0.111. The van der Waals surface area contributed by atoms with Crippen LogP contribution < -0.4 is 4.72 Å². The zero-order valence-electron chi connectivity index (χ0n) is 11.0. The van der Waals surface area contributed by atoms with Crippen LogP contribution in [-0.4, -0.2) is 32.8 Å². The predicted molar refractivity (Wildman–Crippen MR) is 77.8 cm³/mol. The largest absolute Gasteiger partial charge is 0.361 e. The first-order valence-electron chi connectivity index (χ1n) is 6.41. The van der Waals surface area contributed by atoms with Gasteiger partial charge in [-0.25, -0.2) is 13.4 Å². The average Bonchev–Trinajstić information content (AvgIpc) is 3.07. The van der Waals surface area contributed by atoms with Gasteiger partial charge >= 0.3 is 0 Å². The summed E-state index contributed by atoms with van der Waals surface area (Å²) in [6.45, 7) is 2.54. The molecule has 1 aromatic carbocycles. The molecule has 1 unspecified atom stereocenters. The van der Waals surface area contributed by atoms with Crippen LogP contribution >= 0.6 is 0 Å². The Morgan fingerprint density at radius 2 is 2.30 bits per heavy atom. The normalized spacial score (nSPS) is 20.9. The maximum absolute atomic E-state index is 11.7. The Kier molecular flexibility index (Phi) is 3.31. The van der Waals surface area contributed by atoms with E-state index in [9.17, 15) is 8.42 Å². The van der Waals surface area contributed by atoms with Gasteiger partial charge in [-0.2, -0.15) is 0 Å². The van der Waals surface area contributed by atoms with Crippen LogP contribution in [0.2, 0.25) is 0 Å². The second-order valence-electron chi connectivity index (χ2n) is 4.58. The number of benzene rings is 1. The number of nitrogens with zero attached hydrogens (tertiary/aromatic N) is 2. The summed E-state index contributed by atoms with van der Waals surface area (Å²) in [6.07, 6.45) is 1.44. The minimum absolute atomic E-state index is 0.0396. The molecule has 0 radical (unpaired) electrons. The summed E-state index contributed by atoms with van der Waals surface area (Å²) in [5.41, 5.74) is 2.37. The van der Waals surface area contributed by atoms with E-state index in [1.54, 1.807) is 19.2 Å². The lowest BCUT2D eigenvalue weighted by Crippen LogP contribution is -2.15. The van der Waals surface area contributed by atoms with E-state index in [0.29, 0.717) is 24.7 Å². The van der Waals surface area contributed by atoms with Crippen molar-refractivity contribution in [2.24, 2.45) is 9.98 Å². The van der Waals surface area contributed by atoms with Crippen molar-refractivity contribution < 1.29 is 13.2 Å². The molecule has 1 N–H and O–H groups in total. The fraction of sp³-hybridized carbons (Fsp3) is 0.385. The fourth-order valence-corrected chi connectivity index (χ4v) is 2.95. The quantitative estimate of drug-likeness (QED) is 0.913. The summed E-state index contributed by atoms with van der Waals surface area (Å²) >= 11 is 0. The number of nitrogens with one attached hydrogen (secondary N) is 1. The molecule has 6 nitrogen and oxygen atoms in total. The summed E-state index contributed by atoms with van der Waals surface area (Å²) in [5.74, 6) is 0.692. The number of fused-ring (bicyclic) bond motifs is 1. The van der Waals surface area contributed by atoms with Crippen LogP contribution in [-0.2, 0) is 21.4 Å². The molecule has 0 saturated heterocycles. The average molecular weight is 293 g/mol. The number of aliphatic imine (C=N–C) groups is 2. The summed E-state index contributed by atoms with van der Waals surface area (Å²) in [6, 6.07) is 5.48. The predicted octanol–water partition coefficient (Wildman–Crippen LogP) is 1.50. The van der Waals surface area contributed by atoms with Crippen LogP contribution in [0.1, 0.15) is 24.2 Å². The van der Waals surface area contributed by atoms with Crippen LogP contribution in [0, 0.1) is 0 Å². The van der Waals surface area contributed by atoms with Gasteiger partial charge < -0.3 is 4.74 Å². The van der Waals surface area contributed by atoms with Crippen molar-refractivity contribution in [1.82, 2.24) is 0 Å². The Balaban J connectivity index is 1.96. The highest BCUT2D eigenvalue weighted by Crippen LogP contribution is 2.37. The number of anilines is 1. The van der Waals surface area contributed by atoms with E-state index < -0.39 is 10.0 Å². The first-order chi connectivity index (χ1) is 9.61. The molecule has 0 aromatic heterocycles. The Morgan fingerprint density at radius 1 is 1.45 bits per heavy atom. The highest BCUT2D eigenvalue weighted by Gasteiger charge is 2.30. The summed E-state index contributed by atoms with van der Waals surface area (Å²) < 4.78 is 31.7. The number of sulfonamides is 1. The van der Waals surface area contributed by atoms with Crippen molar-refractivity contribution in [2.75, 3.05) is 17.0 Å². The lowest BCUT2D eigenvalue weighted by atomic mass is 10.0. The fourth-order valence-electron chi connectivity index (χ4n) is 2.28. The topological polar surface area (TPSA) is 80.1 Å². The maximum atomic E-state index is 11.7. The molecule has 0 spiro atoms. The summed E-state index contributed by atoms with van der Waals surface area (Å²) in [4.78, 5) is 8.47. The van der Waals surface area contributed by atoms with Gasteiger partial charge in [-0.15, -0.1) is 0 Å². The van der Waals surface area contributed by atoms with Gasteiger partial charge in [0, 0.05) is 11.8 Å². The lowest BCUT2D eigenvalue weighted by Gasteiger charge is -2.11. The van der Waals surface area contributed by atoms with Crippen molar-refractivity contribution in [1.29, 1.82) is 0 Å². The van der Waals surface area contributed by atoms with Gasteiger partial charge in [-0.3, -0.25) is 9.71 Å². The van der Waals surface area contributed by atoms with E-state index in [2.05, 4.69) is 14.7 Å². The first-order valence-corrected chi connectivity index (χ1v) is 8.06. The van der Waals surface area contributed by atoms with Gasteiger partial charge in [0.15, 0.2) is 5.84 Å². The van der Waals surface area contributed by atoms with Gasteiger partial charge in [-0.1, -0.05) is 12.1 Å². The van der Waals surface area contributed by atoms with E-state index in [1.807, 2.05) is 12.1 Å². The minimum Gasteiger partial charge on any atom is -0.361 e. The third-order valence-corrected chi connectivity index (χ3v) is 4.62. The van der Waals surface area contributed by atoms with Crippen LogP contribution in [0.4, 0.5) is 5.69 Å². The van der Waals surface area contributed by atoms with Crippen LogP contribution in [0.25, 0.3) is 0 Å². The molecule has 106 valence electrons. The summed E-state index contributed by atoms with van der Waals surface area (Å²) in [7, 11) is -3.30. The molecule has 20 heavy (non-hydrogen) atoms. The van der Waals surface area contributed by atoms with Crippen molar-refractivity contribution in [2.45, 2.75) is 19.6 Å². The Labute approximate surface area is 117 Å². The molecular weight excluding hydrogens is 278 g/mol. The van der Waals surface area contributed by atoms with Gasteiger partial charge in [0.2, 0.25) is 10.0 Å². The molecular formula is C13H15N3O3S. The van der Waals surface area contributed by atoms with E-state index in [-0.39, 0.29) is 11.9 Å². The Bertz CT molecular complexity index is 695. The van der Waals surface area contributed by atoms with Gasteiger partial charge in [0.1, 0.15) is 6.10 Å². The minimum atomic E-state index is -3.30. The third kappa shape index (κ3) is 2.34. The molecule has 1 atom stereocenters. The molecule has 0 aliphatic carbocycles. The molecule has 3 rings (SSSR count). The number of ether oxygens (including phenoxy) is 1. The van der Waals surface area contributed by atoms with E-state index in [0.717, 1.165) is 11.1 Å². The van der Waals surface area contributed by atoms with E-state index >= 15 is 0 Å².